The minimum atomic E-state index is -0.714. The Labute approximate surface area is 143 Å². The van der Waals surface area contributed by atoms with E-state index in [-0.39, 0.29) is 12.6 Å². The number of hydrogen-bond acceptors (Lipinski definition) is 3. The second kappa shape index (κ2) is 7.97. The van der Waals surface area contributed by atoms with Crippen molar-refractivity contribution in [2.75, 3.05) is 18.4 Å². The van der Waals surface area contributed by atoms with Crippen LogP contribution in [0.3, 0.4) is 0 Å². The van der Waals surface area contributed by atoms with Crippen LogP contribution in [0.25, 0.3) is 0 Å². The summed E-state index contributed by atoms with van der Waals surface area (Å²) in [6.45, 7) is 6.66. The van der Waals surface area contributed by atoms with E-state index in [1.807, 2.05) is 51.1 Å². The second-order valence-corrected chi connectivity index (χ2v) is 5.89. The summed E-state index contributed by atoms with van der Waals surface area (Å²) in [6.07, 6.45) is 0.0990. The van der Waals surface area contributed by atoms with Gasteiger partial charge in [0.1, 0.15) is 5.82 Å². The largest absolute Gasteiger partial charge is 0.387 e. The molecule has 0 aliphatic heterocycles. The molecule has 1 atom stereocenters. The van der Waals surface area contributed by atoms with Crippen molar-refractivity contribution < 1.29 is 9.90 Å². The molecular weight excluding hydrogens is 304 g/mol. The van der Waals surface area contributed by atoms with E-state index in [9.17, 15) is 9.90 Å². The highest BCUT2D eigenvalue weighted by Crippen LogP contribution is 2.16. The maximum Gasteiger partial charge on any atom is 0.323 e. The van der Waals surface area contributed by atoms with Gasteiger partial charge >= 0.3 is 6.03 Å². The van der Waals surface area contributed by atoms with Gasteiger partial charge in [-0.05, 0) is 25.8 Å². The molecule has 6 nitrogen and oxygen atoms in total. The number of likely N-dealkylation sites (N-methyl/N-ethyl adjacent to an activating group) is 1. The molecule has 2 N–H and O–H groups in total. The fraction of sp³-hybridized carbons (Fsp3) is 0.444. The Bertz CT molecular complexity index is 679. The third-order valence-electron chi connectivity index (χ3n) is 4.05. The molecule has 24 heavy (non-hydrogen) atoms. The summed E-state index contributed by atoms with van der Waals surface area (Å²) in [5.41, 5.74) is 2.87. The molecule has 2 rings (SSSR count). The number of carbonyl (C=O) groups excluding carboxylic acids is 1. The topological polar surface area (TPSA) is 70.4 Å². The molecule has 0 aliphatic carbocycles. The van der Waals surface area contributed by atoms with Crippen molar-refractivity contribution in [1.29, 1.82) is 0 Å². The van der Waals surface area contributed by atoms with Crippen molar-refractivity contribution >= 4 is 11.8 Å². The van der Waals surface area contributed by atoms with Crippen molar-refractivity contribution in [2.45, 2.75) is 33.3 Å². The lowest BCUT2D eigenvalue weighted by Gasteiger charge is -2.24. The van der Waals surface area contributed by atoms with Crippen LogP contribution in [0.4, 0.5) is 10.6 Å². The van der Waals surface area contributed by atoms with Gasteiger partial charge in [0.05, 0.1) is 18.3 Å². The predicted molar refractivity (Wildman–Crippen MR) is 95.0 cm³/mol. The Hall–Kier alpha value is -2.34. The fourth-order valence-corrected chi connectivity index (χ4v) is 2.46. The van der Waals surface area contributed by atoms with E-state index in [0.29, 0.717) is 12.4 Å². The maximum atomic E-state index is 12.5. The monoisotopic (exact) mass is 330 g/mol. The van der Waals surface area contributed by atoms with Crippen LogP contribution in [0.1, 0.15) is 36.8 Å². The Morgan fingerprint density at radius 1 is 1.33 bits per heavy atom. The molecular formula is C18H26N4O2. The SMILES string of the molecule is CCc1cc(NC(=O)N(CC)CC(O)c2ccc(C)cc2)n(C)n1. The standard InChI is InChI=1S/C18H26N4O2/c1-5-15-11-17(21(4)20-15)19-18(24)22(6-2)12-16(23)14-9-7-13(3)8-10-14/h7-11,16,23H,5-6,12H2,1-4H3,(H,19,24). The highest BCUT2D eigenvalue weighted by Gasteiger charge is 2.18. The lowest BCUT2D eigenvalue weighted by Crippen LogP contribution is -2.38. The lowest BCUT2D eigenvalue weighted by molar-refractivity contribution is 0.128. The zero-order valence-electron chi connectivity index (χ0n) is 14.8. The van der Waals surface area contributed by atoms with Crippen LogP contribution in [0, 0.1) is 6.92 Å². The van der Waals surface area contributed by atoms with Crippen LogP contribution in [0.2, 0.25) is 0 Å². The van der Waals surface area contributed by atoms with E-state index in [4.69, 9.17) is 0 Å². The molecule has 2 amide bonds. The maximum absolute atomic E-state index is 12.5. The molecule has 0 radical (unpaired) electrons. The number of amides is 2. The summed E-state index contributed by atoms with van der Waals surface area (Å²) < 4.78 is 1.65. The molecule has 2 aromatic rings. The van der Waals surface area contributed by atoms with E-state index < -0.39 is 6.10 Å². The van der Waals surface area contributed by atoms with E-state index in [1.165, 1.54) is 0 Å². The molecule has 1 heterocycles. The number of aromatic nitrogens is 2. The van der Waals surface area contributed by atoms with E-state index in [0.717, 1.165) is 23.2 Å². The number of aliphatic hydroxyl groups excluding tert-OH is 1. The Morgan fingerprint density at radius 2 is 2.00 bits per heavy atom. The summed E-state index contributed by atoms with van der Waals surface area (Å²) in [4.78, 5) is 14.1. The average molecular weight is 330 g/mol. The van der Waals surface area contributed by atoms with Crippen LogP contribution < -0.4 is 5.32 Å². The first-order valence-electron chi connectivity index (χ1n) is 8.28. The normalized spacial score (nSPS) is 12.0. The number of hydrogen-bond donors (Lipinski definition) is 2. The van der Waals surface area contributed by atoms with Gasteiger partial charge in [0, 0.05) is 19.7 Å². The van der Waals surface area contributed by atoms with Crippen molar-refractivity contribution in [3.8, 4) is 0 Å². The van der Waals surface area contributed by atoms with Gasteiger partial charge < -0.3 is 10.0 Å². The van der Waals surface area contributed by atoms with Gasteiger partial charge in [0.15, 0.2) is 0 Å². The number of nitrogens with zero attached hydrogens (tertiary/aromatic N) is 3. The van der Waals surface area contributed by atoms with Crippen molar-refractivity contribution in [1.82, 2.24) is 14.7 Å². The predicted octanol–water partition coefficient (Wildman–Crippen LogP) is 2.88. The van der Waals surface area contributed by atoms with Gasteiger partial charge in [-0.15, -0.1) is 0 Å². The van der Waals surface area contributed by atoms with Gasteiger partial charge in [-0.1, -0.05) is 36.8 Å². The fourth-order valence-electron chi connectivity index (χ4n) is 2.46. The number of benzene rings is 1. The Balaban J connectivity index is 2.02. The number of aliphatic hydroxyl groups is 1. The lowest BCUT2D eigenvalue weighted by atomic mass is 10.1. The molecule has 1 aromatic carbocycles. The third kappa shape index (κ3) is 4.35. The van der Waals surface area contributed by atoms with Crippen molar-refractivity contribution in [3.63, 3.8) is 0 Å². The first kappa shape index (κ1) is 18.0. The number of rotatable bonds is 6. The minimum Gasteiger partial charge on any atom is -0.387 e. The minimum absolute atomic E-state index is 0.240. The quantitative estimate of drug-likeness (QED) is 0.855. The van der Waals surface area contributed by atoms with Gasteiger partial charge in [-0.2, -0.15) is 5.10 Å². The highest BCUT2D eigenvalue weighted by molar-refractivity contribution is 5.88. The van der Waals surface area contributed by atoms with Crippen LogP contribution >= 0.6 is 0 Å². The Kier molecular flexibility index (Phi) is 5.98. The summed E-state index contributed by atoms with van der Waals surface area (Å²) >= 11 is 0. The van der Waals surface area contributed by atoms with Crippen molar-refractivity contribution in [3.05, 3.63) is 47.2 Å². The summed E-state index contributed by atoms with van der Waals surface area (Å²) in [7, 11) is 1.80. The number of carbonyl (C=O) groups is 1. The molecule has 0 spiro atoms. The number of aryl methyl sites for hydroxylation is 3. The number of nitrogens with one attached hydrogen (secondary N) is 1. The van der Waals surface area contributed by atoms with E-state index in [2.05, 4.69) is 10.4 Å². The van der Waals surface area contributed by atoms with Crippen LogP contribution in [-0.2, 0) is 13.5 Å². The first-order chi connectivity index (χ1) is 11.4. The molecule has 0 aliphatic rings. The van der Waals surface area contributed by atoms with Gasteiger partial charge in [-0.25, -0.2) is 4.79 Å². The molecule has 0 bridgehead atoms. The van der Waals surface area contributed by atoms with E-state index in [1.54, 1.807) is 16.6 Å². The molecule has 0 fully saturated rings. The summed E-state index contributed by atoms with van der Waals surface area (Å²) in [5.74, 6) is 0.653. The molecule has 6 heteroatoms. The summed E-state index contributed by atoms with van der Waals surface area (Å²) in [5, 5.41) is 17.6. The van der Waals surface area contributed by atoms with Gasteiger partial charge in [0.2, 0.25) is 0 Å². The second-order valence-electron chi connectivity index (χ2n) is 5.89. The smallest absolute Gasteiger partial charge is 0.323 e. The average Bonchev–Trinajstić information content (AvgIpc) is 2.92. The van der Waals surface area contributed by atoms with Crippen LogP contribution in [0.5, 0.6) is 0 Å². The van der Waals surface area contributed by atoms with E-state index >= 15 is 0 Å². The molecule has 0 saturated carbocycles. The zero-order chi connectivity index (χ0) is 17.7. The third-order valence-corrected chi connectivity index (χ3v) is 4.05. The number of anilines is 1. The highest BCUT2D eigenvalue weighted by atomic mass is 16.3. The molecule has 1 aromatic heterocycles. The molecule has 1 unspecified atom stereocenters. The Morgan fingerprint density at radius 3 is 2.54 bits per heavy atom. The first-order valence-corrected chi connectivity index (χ1v) is 8.28. The molecule has 130 valence electrons. The van der Waals surface area contributed by atoms with Crippen molar-refractivity contribution in [2.24, 2.45) is 7.05 Å². The summed E-state index contributed by atoms with van der Waals surface area (Å²) in [6, 6.07) is 9.31. The molecule has 0 saturated heterocycles. The van der Waals surface area contributed by atoms with Crippen LogP contribution in [-0.4, -0.2) is 38.9 Å². The van der Waals surface area contributed by atoms with Gasteiger partial charge in [-0.3, -0.25) is 10.00 Å². The zero-order valence-corrected chi connectivity index (χ0v) is 14.8. The van der Waals surface area contributed by atoms with Gasteiger partial charge in [0.25, 0.3) is 0 Å². The van der Waals surface area contributed by atoms with Crippen LogP contribution in [0.15, 0.2) is 30.3 Å². The number of urea groups is 1.